The van der Waals surface area contributed by atoms with E-state index in [1.165, 1.54) is 19.4 Å². The van der Waals surface area contributed by atoms with Crippen LogP contribution in [0.3, 0.4) is 0 Å². The van der Waals surface area contributed by atoms with Crippen molar-refractivity contribution in [2.45, 2.75) is 25.8 Å². The van der Waals surface area contributed by atoms with Gasteiger partial charge in [-0.3, -0.25) is 4.79 Å². The minimum absolute atomic E-state index is 0.0962. The number of carbonyl (C=O) groups is 1. The first-order valence-electron chi connectivity index (χ1n) is 6.71. The van der Waals surface area contributed by atoms with Gasteiger partial charge in [-0.2, -0.15) is 0 Å². The molecular weight excluding hydrogens is 243 g/mol. The Morgan fingerprint density at radius 2 is 2.26 bits per heavy atom. The second-order valence-corrected chi connectivity index (χ2v) is 5.35. The summed E-state index contributed by atoms with van der Waals surface area (Å²) in [4.78, 5) is 15.8. The van der Waals surface area contributed by atoms with E-state index in [-0.39, 0.29) is 11.6 Å². The maximum atomic E-state index is 14.0. The van der Waals surface area contributed by atoms with Crippen molar-refractivity contribution in [3.63, 3.8) is 0 Å². The quantitative estimate of drug-likeness (QED) is 0.781. The fraction of sp³-hybridized carbons (Fsp3) is 0.533. The van der Waals surface area contributed by atoms with E-state index in [0.717, 1.165) is 19.5 Å². The topological polar surface area (TPSA) is 23.6 Å². The van der Waals surface area contributed by atoms with E-state index in [1.807, 2.05) is 11.9 Å². The summed E-state index contributed by atoms with van der Waals surface area (Å²) in [5.41, 5.74) is 0.887. The number of likely N-dealkylation sites (N-methyl/N-ethyl adjacent to an activating group) is 2. The summed E-state index contributed by atoms with van der Waals surface area (Å²) in [6.45, 7) is 3.32. The van der Waals surface area contributed by atoms with Gasteiger partial charge in [0.05, 0.1) is 5.69 Å². The number of hydrogen-bond acceptors (Lipinski definition) is 3. The summed E-state index contributed by atoms with van der Waals surface area (Å²) in [6.07, 6.45) is 2.32. The highest BCUT2D eigenvalue weighted by Crippen LogP contribution is 2.26. The van der Waals surface area contributed by atoms with Gasteiger partial charge in [0.2, 0.25) is 0 Å². The van der Waals surface area contributed by atoms with Crippen LogP contribution < -0.4 is 4.90 Å². The van der Waals surface area contributed by atoms with Crippen molar-refractivity contribution < 1.29 is 9.18 Å². The Morgan fingerprint density at radius 1 is 1.53 bits per heavy atom. The minimum Gasteiger partial charge on any atom is -0.370 e. The van der Waals surface area contributed by atoms with Crippen LogP contribution in [0.25, 0.3) is 0 Å². The van der Waals surface area contributed by atoms with Crippen LogP contribution in [0.4, 0.5) is 10.1 Å². The molecule has 1 aliphatic rings. The number of carbonyl (C=O) groups excluding carboxylic acids is 1. The van der Waals surface area contributed by atoms with Gasteiger partial charge < -0.3 is 9.80 Å². The predicted octanol–water partition coefficient (Wildman–Crippen LogP) is 2.56. The maximum Gasteiger partial charge on any atom is 0.161 e. The molecule has 1 heterocycles. The third-order valence-corrected chi connectivity index (χ3v) is 3.90. The van der Waals surface area contributed by atoms with E-state index in [2.05, 4.69) is 11.9 Å². The van der Waals surface area contributed by atoms with Gasteiger partial charge in [0.15, 0.2) is 5.78 Å². The van der Waals surface area contributed by atoms with Crippen LogP contribution >= 0.6 is 0 Å². The number of halogens is 1. The van der Waals surface area contributed by atoms with Crippen LogP contribution in [0.1, 0.15) is 30.1 Å². The normalized spacial score (nSPS) is 19.7. The molecular formula is C15H21FN2O. The van der Waals surface area contributed by atoms with E-state index in [0.29, 0.717) is 17.3 Å². The lowest BCUT2D eigenvalue weighted by atomic mass is 10.1. The molecule has 4 heteroatoms. The van der Waals surface area contributed by atoms with Gasteiger partial charge in [0, 0.05) is 25.2 Å². The summed E-state index contributed by atoms with van der Waals surface area (Å²) in [6, 6.07) is 5.13. The van der Waals surface area contributed by atoms with Crippen LogP contribution in [0.2, 0.25) is 0 Å². The minimum atomic E-state index is -0.323. The number of anilines is 1. The van der Waals surface area contributed by atoms with Crippen molar-refractivity contribution in [2.75, 3.05) is 32.1 Å². The molecule has 1 fully saturated rings. The Morgan fingerprint density at radius 3 is 2.84 bits per heavy atom. The molecule has 0 amide bonds. The smallest absolute Gasteiger partial charge is 0.161 e. The molecule has 19 heavy (non-hydrogen) atoms. The number of hydrogen-bond donors (Lipinski definition) is 0. The predicted molar refractivity (Wildman–Crippen MR) is 75.3 cm³/mol. The molecule has 3 nitrogen and oxygen atoms in total. The number of benzene rings is 1. The molecule has 1 unspecified atom stereocenters. The molecule has 0 spiro atoms. The van der Waals surface area contributed by atoms with Crippen molar-refractivity contribution in [1.29, 1.82) is 0 Å². The molecule has 0 bridgehead atoms. The number of ketones is 1. The number of nitrogens with zero attached hydrogens (tertiary/aromatic N) is 2. The first-order valence-corrected chi connectivity index (χ1v) is 6.71. The molecule has 1 saturated heterocycles. The van der Waals surface area contributed by atoms with Crippen LogP contribution in [0.5, 0.6) is 0 Å². The highest BCUT2D eigenvalue weighted by atomic mass is 19.1. The molecule has 104 valence electrons. The first kappa shape index (κ1) is 14.0. The number of para-hydroxylation sites is 1. The summed E-state index contributed by atoms with van der Waals surface area (Å²) >= 11 is 0. The zero-order chi connectivity index (χ0) is 14.0. The molecule has 0 saturated carbocycles. The Bertz CT molecular complexity index is 475. The monoisotopic (exact) mass is 264 g/mol. The van der Waals surface area contributed by atoms with Gasteiger partial charge in [-0.15, -0.1) is 0 Å². The summed E-state index contributed by atoms with van der Waals surface area (Å²) < 4.78 is 14.0. The summed E-state index contributed by atoms with van der Waals surface area (Å²) in [5, 5.41) is 0. The van der Waals surface area contributed by atoms with E-state index < -0.39 is 0 Å². The number of Topliss-reactive ketones (excluding diaryl/α,β-unsaturated/α-hetero) is 1. The summed E-state index contributed by atoms with van der Waals surface area (Å²) in [5.74, 6) is -0.419. The van der Waals surface area contributed by atoms with Crippen molar-refractivity contribution >= 4 is 11.5 Å². The highest BCUT2D eigenvalue weighted by molar-refractivity contribution is 5.99. The van der Waals surface area contributed by atoms with Crippen LogP contribution in [0.15, 0.2) is 18.2 Å². The van der Waals surface area contributed by atoms with Crippen LogP contribution in [0, 0.1) is 5.82 Å². The van der Waals surface area contributed by atoms with Crippen LogP contribution in [-0.4, -0.2) is 43.9 Å². The van der Waals surface area contributed by atoms with Gasteiger partial charge in [-0.05, 0) is 45.5 Å². The SMILES string of the molecule is CC(=O)c1cccc(F)c1N(C)CC1CCCN1C. The summed E-state index contributed by atoms with van der Waals surface area (Å²) in [7, 11) is 3.95. The molecule has 0 N–H and O–H groups in total. The van der Waals surface area contributed by atoms with Gasteiger partial charge in [0.25, 0.3) is 0 Å². The Labute approximate surface area is 114 Å². The molecule has 0 aliphatic carbocycles. The van der Waals surface area contributed by atoms with Crippen molar-refractivity contribution in [1.82, 2.24) is 4.90 Å². The van der Waals surface area contributed by atoms with Gasteiger partial charge in [-0.25, -0.2) is 4.39 Å². The Hall–Kier alpha value is -1.42. The number of likely N-dealkylation sites (tertiary alicyclic amines) is 1. The maximum absolute atomic E-state index is 14.0. The standard InChI is InChI=1S/C15H21FN2O/c1-11(19)13-7-4-8-14(16)15(13)18(3)10-12-6-5-9-17(12)2/h4,7-8,12H,5-6,9-10H2,1-3H3. The fourth-order valence-corrected chi connectivity index (χ4v) is 2.80. The highest BCUT2D eigenvalue weighted by Gasteiger charge is 2.24. The van der Waals surface area contributed by atoms with E-state index >= 15 is 0 Å². The van der Waals surface area contributed by atoms with Crippen molar-refractivity contribution in [3.05, 3.63) is 29.6 Å². The molecule has 0 radical (unpaired) electrons. The Balaban J connectivity index is 2.23. The molecule has 2 rings (SSSR count). The average Bonchev–Trinajstić information content (AvgIpc) is 2.74. The molecule has 1 aliphatic heterocycles. The van der Waals surface area contributed by atoms with E-state index in [9.17, 15) is 9.18 Å². The van der Waals surface area contributed by atoms with Crippen molar-refractivity contribution in [3.8, 4) is 0 Å². The van der Waals surface area contributed by atoms with E-state index in [1.54, 1.807) is 12.1 Å². The number of rotatable bonds is 4. The third-order valence-electron chi connectivity index (χ3n) is 3.90. The van der Waals surface area contributed by atoms with Crippen LogP contribution in [-0.2, 0) is 0 Å². The largest absolute Gasteiger partial charge is 0.370 e. The second kappa shape index (κ2) is 5.70. The average molecular weight is 264 g/mol. The second-order valence-electron chi connectivity index (χ2n) is 5.35. The lowest BCUT2D eigenvalue weighted by molar-refractivity contribution is 0.101. The zero-order valence-corrected chi connectivity index (χ0v) is 11.8. The van der Waals surface area contributed by atoms with Gasteiger partial charge >= 0.3 is 0 Å². The molecule has 0 aromatic heterocycles. The van der Waals surface area contributed by atoms with Gasteiger partial charge in [-0.1, -0.05) is 6.07 Å². The molecule has 1 aromatic rings. The van der Waals surface area contributed by atoms with Crippen molar-refractivity contribution in [2.24, 2.45) is 0 Å². The first-order chi connectivity index (χ1) is 9.00. The molecule has 1 aromatic carbocycles. The zero-order valence-electron chi connectivity index (χ0n) is 11.8. The molecule has 1 atom stereocenters. The van der Waals surface area contributed by atoms with Gasteiger partial charge in [0.1, 0.15) is 5.82 Å². The fourth-order valence-electron chi connectivity index (χ4n) is 2.80. The lowest BCUT2D eigenvalue weighted by Crippen LogP contribution is -2.37. The Kier molecular flexibility index (Phi) is 4.20. The third kappa shape index (κ3) is 2.95. The lowest BCUT2D eigenvalue weighted by Gasteiger charge is -2.28. The van der Waals surface area contributed by atoms with E-state index in [4.69, 9.17) is 0 Å².